The highest BCUT2D eigenvalue weighted by atomic mass is 32.2. The highest BCUT2D eigenvalue weighted by Crippen LogP contribution is 2.39. The monoisotopic (exact) mass is 598 g/mol. The number of hydrogen-bond donors (Lipinski definition) is 1. The fraction of sp³-hybridized carbons (Fsp3) is 0.500. The van der Waals surface area contributed by atoms with Crippen LogP contribution in [0.3, 0.4) is 0 Å². The molecule has 9 nitrogen and oxygen atoms in total. The molecule has 1 aliphatic heterocycles. The second kappa shape index (κ2) is 11.5. The maximum Gasteiger partial charge on any atom is 0.254 e. The number of hydrogen-bond acceptors (Lipinski definition) is 7. The third-order valence-corrected chi connectivity index (χ3v) is 9.33. The summed E-state index contributed by atoms with van der Waals surface area (Å²) < 4.78 is 16.7. The Balaban J connectivity index is 1.51. The molecule has 3 atom stereocenters. The lowest BCUT2D eigenvalue weighted by Gasteiger charge is -2.23. The number of carbonyl (C=O) groups excluding carboxylic acids is 1. The van der Waals surface area contributed by atoms with Crippen molar-refractivity contribution in [3.63, 3.8) is 0 Å². The van der Waals surface area contributed by atoms with Crippen molar-refractivity contribution in [1.82, 2.24) is 24.0 Å². The largest absolute Gasteiger partial charge is 0.499 e. The number of fused-ring (bicyclic) bond motifs is 2. The van der Waals surface area contributed by atoms with Crippen LogP contribution in [0.15, 0.2) is 30.3 Å². The van der Waals surface area contributed by atoms with Gasteiger partial charge in [0.15, 0.2) is 5.82 Å². The van der Waals surface area contributed by atoms with Crippen LogP contribution in [0.25, 0.3) is 33.6 Å². The number of thioether (sulfide) groups is 1. The third kappa shape index (κ3) is 5.78. The van der Waals surface area contributed by atoms with Crippen molar-refractivity contribution in [2.75, 3.05) is 25.7 Å². The molecule has 1 amide bonds. The van der Waals surface area contributed by atoms with E-state index in [1.807, 2.05) is 53.6 Å². The number of aromatic nitrogens is 4. The molecule has 3 aromatic heterocycles. The number of ether oxygens (including phenoxy) is 2. The number of benzene rings is 1. The van der Waals surface area contributed by atoms with Gasteiger partial charge >= 0.3 is 0 Å². The van der Waals surface area contributed by atoms with Crippen molar-refractivity contribution < 1.29 is 14.3 Å². The fourth-order valence-electron chi connectivity index (χ4n) is 6.23. The van der Waals surface area contributed by atoms with Crippen LogP contribution >= 0.6 is 11.8 Å². The Hall–Kier alpha value is -3.05. The lowest BCUT2D eigenvalue weighted by molar-refractivity contribution is 0.0739. The highest BCUT2D eigenvalue weighted by molar-refractivity contribution is 7.98. The standard InChI is InChI=1S/C30H41B3N6O3S/c1-16-14-38(17(2)25(16)34)29(40)20-11-21-26(23(13-20)41-3)37(9-10-43-4)28(35-21)22-12-19-7-8-24(42-30(31,32)33)36-27(19)39(22)15-18-5-6-18/h7-8,11-13,16-18,25H,5-6,9-10,14-15,31-34H2,1-4H3/t16-,17-,25-/m1/s1. The molecule has 2 fully saturated rings. The average Bonchev–Trinajstić information content (AvgIpc) is 3.54. The molecule has 1 aromatic carbocycles. The topological polar surface area (TPSA) is 100 Å². The first-order valence-corrected chi connectivity index (χ1v) is 16.7. The van der Waals surface area contributed by atoms with Gasteiger partial charge in [-0.3, -0.25) is 4.79 Å². The van der Waals surface area contributed by atoms with Gasteiger partial charge in [0.1, 0.15) is 40.5 Å². The van der Waals surface area contributed by atoms with Crippen LogP contribution in [-0.4, -0.2) is 96.5 Å². The van der Waals surface area contributed by atoms with Gasteiger partial charge in [-0.2, -0.15) is 16.7 Å². The molecule has 224 valence electrons. The van der Waals surface area contributed by atoms with Gasteiger partial charge in [-0.25, -0.2) is 4.98 Å². The zero-order valence-corrected chi connectivity index (χ0v) is 27.2. The quantitative estimate of drug-likeness (QED) is 0.277. The Kier molecular flexibility index (Phi) is 8.00. The van der Waals surface area contributed by atoms with E-state index >= 15 is 0 Å². The summed E-state index contributed by atoms with van der Waals surface area (Å²) in [5, 5.41) is 0.710. The number of imidazole rings is 1. The van der Waals surface area contributed by atoms with E-state index in [4.69, 9.17) is 25.2 Å². The lowest BCUT2D eigenvalue weighted by Crippen LogP contribution is -2.40. The molecule has 0 bridgehead atoms. The molecule has 4 aromatic rings. The molecular weight excluding hydrogens is 557 g/mol. The van der Waals surface area contributed by atoms with Gasteiger partial charge in [0, 0.05) is 59.8 Å². The molecule has 4 heterocycles. The van der Waals surface area contributed by atoms with Gasteiger partial charge in [-0.05, 0) is 62.1 Å². The van der Waals surface area contributed by atoms with Gasteiger partial charge in [0.05, 0.1) is 18.3 Å². The smallest absolute Gasteiger partial charge is 0.254 e. The molecular formula is C30H41B3N6O3S. The first kappa shape index (κ1) is 30.0. The van der Waals surface area contributed by atoms with Crippen LogP contribution in [0.2, 0.25) is 0 Å². The Bertz CT molecular complexity index is 1680. The van der Waals surface area contributed by atoms with Crippen LogP contribution in [-0.2, 0) is 13.1 Å². The van der Waals surface area contributed by atoms with Crippen LogP contribution in [0, 0.1) is 11.8 Å². The third-order valence-electron chi connectivity index (χ3n) is 8.74. The summed E-state index contributed by atoms with van der Waals surface area (Å²) in [4.78, 5) is 25.9. The molecule has 6 rings (SSSR count). The molecule has 2 aliphatic rings. The summed E-state index contributed by atoms with van der Waals surface area (Å²) in [6, 6.07) is 9.94. The number of amides is 1. The fourth-order valence-corrected chi connectivity index (χ4v) is 6.59. The van der Waals surface area contributed by atoms with Crippen molar-refractivity contribution in [1.29, 1.82) is 0 Å². The molecule has 0 spiro atoms. The number of nitrogens with two attached hydrogens (primary N) is 1. The summed E-state index contributed by atoms with van der Waals surface area (Å²) in [5.41, 5.74) is 10.5. The van der Waals surface area contributed by atoms with E-state index in [9.17, 15) is 4.79 Å². The molecule has 0 unspecified atom stereocenters. The Morgan fingerprint density at radius 1 is 1.14 bits per heavy atom. The SMILES string of the molecule is BC(B)(B)Oc1ccc2cc(-c3nc4cc(C(=O)N5C[C@@H](C)[C@@H](N)[C@H]5C)cc(OC)c4n3CCSC)n(CC3CC3)c2n1. The predicted octanol–water partition coefficient (Wildman–Crippen LogP) is 1.53. The van der Waals surface area contributed by atoms with Crippen LogP contribution in [0.1, 0.15) is 37.0 Å². The summed E-state index contributed by atoms with van der Waals surface area (Å²) in [6.07, 6.45) is 4.55. The van der Waals surface area contributed by atoms with Gasteiger partial charge in [0.25, 0.3) is 5.91 Å². The number of methoxy groups -OCH3 is 1. The Morgan fingerprint density at radius 3 is 2.53 bits per heavy atom. The lowest BCUT2D eigenvalue weighted by atomic mass is 9.52. The second-order valence-corrected chi connectivity index (χ2v) is 14.2. The maximum absolute atomic E-state index is 13.8. The maximum atomic E-state index is 13.8. The molecule has 2 N–H and O–H groups in total. The first-order valence-electron chi connectivity index (χ1n) is 15.3. The van der Waals surface area contributed by atoms with Gasteiger partial charge in [-0.1, -0.05) is 6.92 Å². The molecule has 0 radical (unpaired) electrons. The number of pyridine rings is 1. The van der Waals surface area contributed by atoms with Crippen molar-refractivity contribution in [3.05, 3.63) is 35.9 Å². The van der Waals surface area contributed by atoms with E-state index in [1.54, 1.807) is 18.9 Å². The minimum atomic E-state index is -0.342. The molecule has 1 aliphatic carbocycles. The number of carbonyl (C=O) groups is 1. The highest BCUT2D eigenvalue weighted by Gasteiger charge is 2.37. The van der Waals surface area contributed by atoms with E-state index < -0.39 is 0 Å². The molecule has 1 saturated carbocycles. The van der Waals surface area contributed by atoms with Crippen molar-refractivity contribution in [2.24, 2.45) is 17.6 Å². The zero-order chi connectivity index (χ0) is 30.6. The second-order valence-electron chi connectivity index (χ2n) is 13.2. The molecule has 43 heavy (non-hydrogen) atoms. The van der Waals surface area contributed by atoms with E-state index in [-0.39, 0.29) is 29.2 Å². The van der Waals surface area contributed by atoms with Crippen molar-refractivity contribution in [2.45, 2.75) is 57.2 Å². The van der Waals surface area contributed by atoms with Crippen molar-refractivity contribution >= 4 is 63.3 Å². The summed E-state index contributed by atoms with van der Waals surface area (Å²) >= 11 is 1.79. The van der Waals surface area contributed by atoms with E-state index in [2.05, 4.69) is 34.4 Å². The molecule has 13 heteroatoms. The first-order chi connectivity index (χ1) is 20.5. The van der Waals surface area contributed by atoms with Crippen molar-refractivity contribution in [3.8, 4) is 23.1 Å². The predicted molar refractivity (Wildman–Crippen MR) is 183 cm³/mol. The summed E-state index contributed by atoms with van der Waals surface area (Å²) in [7, 11) is 7.77. The normalized spacial score (nSPS) is 20.8. The Morgan fingerprint density at radius 2 is 1.91 bits per heavy atom. The number of rotatable bonds is 10. The van der Waals surface area contributed by atoms with Crippen LogP contribution in [0.5, 0.6) is 11.6 Å². The summed E-state index contributed by atoms with van der Waals surface area (Å²) in [5.74, 6) is 3.87. The van der Waals surface area contributed by atoms with Gasteiger partial charge in [0.2, 0.25) is 5.88 Å². The van der Waals surface area contributed by atoms with Crippen LogP contribution < -0.4 is 15.2 Å². The van der Waals surface area contributed by atoms with Gasteiger partial charge in [-0.15, -0.1) is 0 Å². The average molecular weight is 598 g/mol. The molecule has 1 saturated heterocycles. The Labute approximate surface area is 260 Å². The van der Waals surface area contributed by atoms with Gasteiger partial charge < -0.3 is 29.2 Å². The van der Waals surface area contributed by atoms with E-state index in [0.29, 0.717) is 29.7 Å². The van der Waals surface area contributed by atoms with Crippen LogP contribution in [0.4, 0.5) is 0 Å². The summed E-state index contributed by atoms with van der Waals surface area (Å²) in [6.45, 7) is 6.41. The number of likely N-dealkylation sites (tertiary alicyclic amines) is 1. The zero-order valence-electron chi connectivity index (χ0n) is 26.4. The number of nitrogens with zero attached hydrogens (tertiary/aromatic N) is 5. The minimum Gasteiger partial charge on any atom is -0.499 e. The minimum absolute atomic E-state index is 0.0309. The number of aryl methyl sites for hydroxylation is 1. The van der Waals surface area contributed by atoms with E-state index in [1.165, 1.54) is 12.8 Å². The van der Waals surface area contributed by atoms with E-state index in [0.717, 1.165) is 52.4 Å².